The molecule has 1 aromatic carbocycles. The molecule has 0 fully saturated rings. The summed E-state index contributed by atoms with van der Waals surface area (Å²) in [7, 11) is 3.16. The maximum absolute atomic E-state index is 12.2. The summed E-state index contributed by atoms with van der Waals surface area (Å²) in [6.45, 7) is 3.23. The summed E-state index contributed by atoms with van der Waals surface area (Å²) in [6.07, 6.45) is 4.00. The highest BCUT2D eigenvalue weighted by atomic mass is 16.5. The quantitative estimate of drug-likeness (QED) is 0.772. The lowest BCUT2D eigenvalue weighted by Gasteiger charge is -2.10. The van der Waals surface area contributed by atoms with Gasteiger partial charge in [-0.1, -0.05) is 13.0 Å². The molecule has 1 amide bonds. The number of ether oxygens (including phenoxy) is 2. The Morgan fingerprint density at radius 1 is 1.12 bits per heavy atom. The molecule has 1 heterocycles. The Bertz CT molecular complexity index is 674. The number of methoxy groups -OCH3 is 2. The van der Waals surface area contributed by atoms with Gasteiger partial charge < -0.3 is 20.1 Å². The van der Waals surface area contributed by atoms with Crippen LogP contribution in [0.1, 0.15) is 29.3 Å². The zero-order valence-corrected chi connectivity index (χ0v) is 14.1. The Hall–Kier alpha value is -2.83. The van der Waals surface area contributed by atoms with Crippen LogP contribution in [-0.2, 0) is 6.54 Å². The van der Waals surface area contributed by atoms with E-state index in [1.807, 2.05) is 12.1 Å². The fraction of sp³-hybridized carbons (Fsp3) is 0.353. The number of rotatable bonds is 8. The fourth-order valence-electron chi connectivity index (χ4n) is 2.05. The number of nitrogens with zero attached hydrogens (tertiary/aromatic N) is 2. The van der Waals surface area contributed by atoms with Gasteiger partial charge in [-0.3, -0.25) is 4.79 Å². The first-order valence-electron chi connectivity index (χ1n) is 7.73. The van der Waals surface area contributed by atoms with Crippen LogP contribution in [0.3, 0.4) is 0 Å². The molecule has 7 nitrogen and oxygen atoms in total. The molecule has 0 radical (unpaired) electrons. The molecule has 2 aromatic rings. The molecule has 0 aliphatic carbocycles. The Morgan fingerprint density at radius 2 is 1.83 bits per heavy atom. The van der Waals surface area contributed by atoms with E-state index in [0.29, 0.717) is 29.6 Å². The minimum Gasteiger partial charge on any atom is -0.493 e. The third-order valence-corrected chi connectivity index (χ3v) is 3.35. The van der Waals surface area contributed by atoms with Crippen molar-refractivity contribution in [2.45, 2.75) is 19.9 Å². The van der Waals surface area contributed by atoms with Crippen molar-refractivity contribution < 1.29 is 14.3 Å². The number of anilines is 1. The zero-order chi connectivity index (χ0) is 17.4. The zero-order valence-electron chi connectivity index (χ0n) is 14.1. The predicted molar refractivity (Wildman–Crippen MR) is 91.5 cm³/mol. The molecule has 7 heteroatoms. The van der Waals surface area contributed by atoms with Gasteiger partial charge in [0.25, 0.3) is 5.91 Å². The van der Waals surface area contributed by atoms with Crippen molar-refractivity contribution in [3.05, 3.63) is 41.7 Å². The van der Waals surface area contributed by atoms with Crippen LogP contribution in [-0.4, -0.2) is 36.6 Å². The Kier molecular flexibility index (Phi) is 6.36. The van der Waals surface area contributed by atoms with Gasteiger partial charge in [0.05, 0.1) is 19.8 Å². The highest BCUT2D eigenvalue weighted by molar-refractivity contribution is 5.93. The lowest BCUT2D eigenvalue weighted by Crippen LogP contribution is -2.23. The van der Waals surface area contributed by atoms with Crippen molar-refractivity contribution in [2.75, 3.05) is 26.1 Å². The SMILES string of the molecule is CCCNc1ncc(C(=O)NCc2ccc(OC)c(OC)c2)cn1. The number of carbonyl (C=O) groups excluding carboxylic acids is 1. The summed E-state index contributed by atoms with van der Waals surface area (Å²) in [5.41, 5.74) is 1.32. The van der Waals surface area contributed by atoms with Gasteiger partial charge in [0.1, 0.15) is 0 Å². The summed E-state index contributed by atoms with van der Waals surface area (Å²) in [6, 6.07) is 5.50. The first kappa shape index (κ1) is 17.5. The Labute approximate surface area is 141 Å². The van der Waals surface area contributed by atoms with Crippen LogP contribution in [0.25, 0.3) is 0 Å². The van der Waals surface area contributed by atoms with E-state index in [-0.39, 0.29) is 5.91 Å². The molecule has 0 saturated heterocycles. The van der Waals surface area contributed by atoms with Gasteiger partial charge >= 0.3 is 0 Å². The average Bonchev–Trinajstić information content (AvgIpc) is 2.64. The highest BCUT2D eigenvalue weighted by Gasteiger charge is 2.09. The van der Waals surface area contributed by atoms with E-state index in [9.17, 15) is 4.79 Å². The highest BCUT2D eigenvalue weighted by Crippen LogP contribution is 2.27. The Morgan fingerprint density at radius 3 is 2.46 bits per heavy atom. The summed E-state index contributed by atoms with van der Waals surface area (Å²) in [5, 5.41) is 5.89. The number of nitrogens with one attached hydrogen (secondary N) is 2. The fourth-order valence-corrected chi connectivity index (χ4v) is 2.05. The third-order valence-electron chi connectivity index (χ3n) is 3.35. The van der Waals surface area contributed by atoms with Gasteiger partial charge in [-0.15, -0.1) is 0 Å². The molecule has 0 bridgehead atoms. The van der Waals surface area contributed by atoms with Crippen molar-refractivity contribution >= 4 is 11.9 Å². The molecule has 2 rings (SSSR count). The van der Waals surface area contributed by atoms with E-state index in [2.05, 4.69) is 27.5 Å². The monoisotopic (exact) mass is 330 g/mol. The van der Waals surface area contributed by atoms with Crippen LogP contribution in [0.5, 0.6) is 11.5 Å². The van der Waals surface area contributed by atoms with Crippen molar-refractivity contribution in [1.29, 1.82) is 0 Å². The van der Waals surface area contributed by atoms with Crippen molar-refractivity contribution in [2.24, 2.45) is 0 Å². The van der Waals surface area contributed by atoms with Crippen molar-refractivity contribution in [3.8, 4) is 11.5 Å². The normalized spacial score (nSPS) is 10.1. The number of hydrogen-bond donors (Lipinski definition) is 2. The molecule has 128 valence electrons. The largest absolute Gasteiger partial charge is 0.493 e. The minimum absolute atomic E-state index is 0.230. The number of carbonyl (C=O) groups is 1. The van der Waals surface area contributed by atoms with E-state index >= 15 is 0 Å². The molecule has 1 aromatic heterocycles. The van der Waals surface area contributed by atoms with E-state index in [1.54, 1.807) is 20.3 Å². The topological polar surface area (TPSA) is 85.4 Å². The standard InChI is InChI=1S/C17H22N4O3/c1-4-7-18-17-20-10-13(11-21-17)16(22)19-9-12-5-6-14(23-2)15(8-12)24-3/h5-6,8,10-11H,4,7,9H2,1-3H3,(H,19,22)(H,18,20,21). The molecule has 0 spiro atoms. The number of aromatic nitrogens is 2. The first-order chi connectivity index (χ1) is 11.7. The maximum atomic E-state index is 12.2. The molecule has 24 heavy (non-hydrogen) atoms. The summed E-state index contributed by atoms with van der Waals surface area (Å²) >= 11 is 0. The predicted octanol–water partition coefficient (Wildman–Crippen LogP) is 2.25. The lowest BCUT2D eigenvalue weighted by atomic mass is 10.2. The maximum Gasteiger partial charge on any atom is 0.254 e. The van der Waals surface area contributed by atoms with E-state index in [1.165, 1.54) is 12.4 Å². The van der Waals surface area contributed by atoms with Crippen molar-refractivity contribution in [3.63, 3.8) is 0 Å². The second-order valence-electron chi connectivity index (χ2n) is 5.09. The molecular formula is C17H22N4O3. The van der Waals surface area contributed by atoms with Gasteiger partial charge in [-0.05, 0) is 24.1 Å². The number of benzene rings is 1. The van der Waals surface area contributed by atoms with Crippen LogP contribution in [0, 0.1) is 0 Å². The van der Waals surface area contributed by atoms with Crippen LogP contribution >= 0.6 is 0 Å². The van der Waals surface area contributed by atoms with Gasteiger partial charge in [-0.25, -0.2) is 9.97 Å². The Balaban J connectivity index is 1.95. The molecule has 0 atom stereocenters. The molecule has 0 aliphatic rings. The molecule has 0 unspecified atom stereocenters. The van der Waals surface area contributed by atoms with Gasteiger partial charge in [0.2, 0.25) is 5.95 Å². The van der Waals surface area contributed by atoms with E-state index in [0.717, 1.165) is 18.5 Å². The van der Waals surface area contributed by atoms with Crippen molar-refractivity contribution in [1.82, 2.24) is 15.3 Å². The number of amides is 1. The smallest absolute Gasteiger partial charge is 0.254 e. The summed E-state index contributed by atoms with van der Waals surface area (Å²) in [5.74, 6) is 1.56. The minimum atomic E-state index is -0.230. The van der Waals surface area contributed by atoms with E-state index < -0.39 is 0 Å². The second kappa shape index (κ2) is 8.71. The third kappa shape index (κ3) is 4.58. The second-order valence-corrected chi connectivity index (χ2v) is 5.09. The van der Waals surface area contributed by atoms with Crippen LogP contribution in [0.4, 0.5) is 5.95 Å². The molecule has 0 aliphatic heterocycles. The van der Waals surface area contributed by atoms with Gasteiger partial charge in [0.15, 0.2) is 11.5 Å². The van der Waals surface area contributed by atoms with Gasteiger partial charge in [0, 0.05) is 25.5 Å². The first-order valence-corrected chi connectivity index (χ1v) is 7.73. The molecule has 0 saturated carbocycles. The van der Waals surface area contributed by atoms with Crippen LogP contribution in [0.15, 0.2) is 30.6 Å². The number of hydrogen-bond acceptors (Lipinski definition) is 6. The summed E-state index contributed by atoms with van der Waals surface area (Å²) < 4.78 is 10.4. The molecule has 2 N–H and O–H groups in total. The average molecular weight is 330 g/mol. The molecular weight excluding hydrogens is 308 g/mol. The lowest BCUT2D eigenvalue weighted by molar-refractivity contribution is 0.0950. The summed E-state index contributed by atoms with van der Waals surface area (Å²) in [4.78, 5) is 20.4. The van der Waals surface area contributed by atoms with Crippen LogP contribution < -0.4 is 20.1 Å². The van der Waals surface area contributed by atoms with Gasteiger partial charge in [-0.2, -0.15) is 0 Å². The van der Waals surface area contributed by atoms with Crippen LogP contribution in [0.2, 0.25) is 0 Å². The van der Waals surface area contributed by atoms with E-state index in [4.69, 9.17) is 9.47 Å².